The highest BCUT2D eigenvalue weighted by Gasteiger charge is 2.24. The number of rotatable bonds is 14. The highest BCUT2D eigenvalue weighted by Crippen LogP contribution is 2.41. The standard InChI is InChI=1S/C25H42N2OS/c1-7-8-9-10-11-12-13-14-15-16-17-28-25-20(6)21(18(2)3)23-24(27-29-26-23)22(25)19(4)5/h18-19H,7-17H2,1-6H3. The van der Waals surface area contributed by atoms with Gasteiger partial charge in [-0.25, -0.2) is 0 Å². The summed E-state index contributed by atoms with van der Waals surface area (Å²) in [5.74, 6) is 1.87. The van der Waals surface area contributed by atoms with Crippen LogP contribution in [0.1, 0.15) is 127 Å². The van der Waals surface area contributed by atoms with E-state index < -0.39 is 0 Å². The summed E-state index contributed by atoms with van der Waals surface area (Å²) in [6, 6.07) is 0. The Morgan fingerprint density at radius 3 is 1.72 bits per heavy atom. The molecule has 3 nitrogen and oxygen atoms in total. The monoisotopic (exact) mass is 418 g/mol. The largest absolute Gasteiger partial charge is 0.493 e. The van der Waals surface area contributed by atoms with Gasteiger partial charge in [-0.3, -0.25) is 0 Å². The number of hydrogen-bond acceptors (Lipinski definition) is 4. The van der Waals surface area contributed by atoms with E-state index in [1.54, 1.807) is 0 Å². The van der Waals surface area contributed by atoms with Crippen molar-refractivity contribution in [2.75, 3.05) is 6.61 Å². The lowest BCUT2D eigenvalue weighted by molar-refractivity contribution is 0.298. The van der Waals surface area contributed by atoms with Crippen molar-refractivity contribution in [2.24, 2.45) is 0 Å². The minimum atomic E-state index is 0.379. The minimum Gasteiger partial charge on any atom is -0.493 e. The Morgan fingerprint density at radius 2 is 1.21 bits per heavy atom. The number of aromatic nitrogens is 2. The van der Waals surface area contributed by atoms with E-state index in [2.05, 4.69) is 50.3 Å². The number of benzene rings is 1. The third-order valence-electron chi connectivity index (χ3n) is 5.89. The molecule has 0 fully saturated rings. The van der Waals surface area contributed by atoms with Gasteiger partial charge >= 0.3 is 0 Å². The van der Waals surface area contributed by atoms with E-state index in [4.69, 9.17) is 4.74 Å². The predicted molar refractivity (Wildman–Crippen MR) is 128 cm³/mol. The van der Waals surface area contributed by atoms with E-state index in [9.17, 15) is 0 Å². The van der Waals surface area contributed by atoms with Crippen LogP contribution >= 0.6 is 11.7 Å². The Bertz CT molecular complexity index is 736. The summed E-state index contributed by atoms with van der Waals surface area (Å²) in [5.41, 5.74) is 5.93. The van der Waals surface area contributed by atoms with E-state index in [0.717, 1.165) is 29.8 Å². The zero-order valence-electron chi connectivity index (χ0n) is 19.6. The molecule has 0 N–H and O–H groups in total. The molecule has 4 heteroatoms. The Balaban J connectivity index is 1.90. The third kappa shape index (κ3) is 6.67. The van der Waals surface area contributed by atoms with Crippen LogP contribution in [0.3, 0.4) is 0 Å². The van der Waals surface area contributed by atoms with Crippen LogP contribution in [0, 0.1) is 6.92 Å². The molecule has 0 aliphatic carbocycles. The maximum atomic E-state index is 6.41. The summed E-state index contributed by atoms with van der Waals surface area (Å²) in [6.45, 7) is 14.2. The van der Waals surface area contributed by atoms with Crippen LogP contribution in [0.2, 0.25) is 0 Å². The zero-order valence-corrected chi connectivity index (χ0v) is 20.5. The van der Waals surface area contributed by atoms with Crippen molar-refractivity contribution in [1.82, 2.24) is 8.75 Å². The maximum Gasteiger partial charge on any atom is 0.128 e. The van der Waals surface area contributed by atoms with E-state index in [1.807, 2.05) is 0 Å². The molecule has 0 radical (unpaired) electrons. The normalized spacial score (nSPS) is 11.9. The first-order valence-electron chi connectivity index (χ1n) is 11.9. The molecular formula is C25H42N2OS. The van der Waals surface area contributed by atoms with E-state index >= 15 is 0 Å². The molecule has 0 unspecified atom stereocenters. The van der Waals surface area contributed by atoms with Gasteiger partial charge in [-0.2, -0.15) is 8.75 Å². The molecule has 29 heavy (non-hydrogen) atoms. The lowest BCUT2D eigenvalue weighted by atomic mass is 9.89. The first kappa shape index (κ1) is 24.1. The van der Waals surface area contributed by atoms with Gasteiger partial charge in [-0.05, 0) is 36.3 Å². The van der Waals surface area contributed by atoms with Gasteiger partial charge < -0.3 is 4.74 Å². The summed E-state index contributed by atoms with van der Waals surface area (Å²) in [5, 5.41) is 0. The summed E-state index contributed by atoms with van der Waals surface area (Å²) >= 11 is 1.32. The van der Waals surface area contributed by atoms with Gasteiger partial charge in [0.05, 0.1) is 18.3 Å². The zero-order chi connectivity index (χ0) is 21.2. The Kier molecular flexibility index (Phi) is 10.4. The molecule has 1 heterocycles. The molecule has 0 aliphatic rings. The number of unbranched alkanes of at least 4 members (excludes halogenated alkanes) is 9. The Hall–Kier alpha value is -1.16. The number of nitrogens with zero attached hydrogens (tertiary/aromatic N) is 2. The summed E-state index contributed by atoms with van der Waals surface area (Å²) < 4.78 is 15.7. The minimum absolute atomic E-state index is 0.379. The first-order valence-corrected chi connectivity index (χ1v) is 12.6. The van der Waals surface area contributed by atoms with Crippen LogP contribution < -0.4 is 4.74 Å². The van der Waals surface area contributed by atoms with Gasteiger partial charge in [0.2, 0.25) is 0 Å². The van der Waals surface area contributed by atoms with Crippen molar-refractivity contribution in [3.8, 4) is 5.75 Å². The molecule has 0 saturated heterocycles. The second kappa shape index (κ2) is 12.5. The highest BCUT2D eigenvalue weighted by atomic mass is 32.1. The third-order valence-corrected chi connectivity index (χ3v) is 6.42. The van der Waals surface area contributed by atoms with E-state index in [0.29, 0.717) is 11.8 Å². The van der Waals surface area contributed by atoms with Crippen molar-refractivity contribution in [3.63, 3.8) is 0 Å². The fraction of sp³-hybridized carbons (Fsp3) is 0.760. The van der Waals surface area contributed by atoms with Crippen molar-refractivity contribution >= 4 is 22.8 Å². The molecule has 0 aliphatic heterocycles. The quantitative estimate of drug-likeness (QED) is 0.288. The molecule has 0 bridgehead atoms. The average molecular weight is 419 g/mol. The second-order valence-corrected chi connectivity index (χ2v) is 9.61. The number of fused-ring (bicyclic) bond motifs is 1. The second-order valence-electron chi connectivity index (χ2n) is 9.08. The molecule has 1 aromatic heterocycles. The molecule has 2 aromatic rings. The Morgan fingerprint density at radius 1 is 0.724 bits per heavy atom. The van der Waals surface area contributed by atoms with Crippen LogP contribution in [-0.2, 0) is 0 Å². The summed E-state index contributed by atoms with van der Waals surface area (Å²) in [7, 11) is 0. The molecule has 0 atom stereocenters. The summed E-state index contributed by atoms with van der Waals surface area (Å²) in [6.07, 6.45) is 13.5. The fourth-order valence-corrected chi connectivity index (χ4v) is 4.92. The molecule has 164 valence electrons. The topological polar surface area (TPSA) is 35.0 Å². The van der Waals surface area contributed by atoms with E-state index in [1.165, 1.54) is 86.2 Å². The van der Waals surface area contributed by atoms with Gasteiger partial charge in [-0.15, -0.1) is 0 Å². The lowest BCUT2D eigenvalue weighted by Crippen LogP contribution is -2.07. The fourth-order valence-electron chi connectivity index (χ4n) is 4.34. The molecule has 1 aromatic carbocycles. The molecule has 0 spiro atoms. The number of ether oxygens (including phenoxy) is 1. The van der Waals surface area contributed by atoms with Crippen LogP contribution in [0.25, 0.3) is 11.0 Å². The molecule has 0 amide bonds. The highest BCUT2D eigenvalue weighted by molar-refractivity contribution is 7.00. The SMILES string of the molecule is CCCCCCCCCCCCOc1c(C)c(C(C)C)c2nsnc2c1C(C)C. The van der Waals surface area contributed by atoms with Gasteiger partial charge in [0.25, 0.3) is 0 Å². The molecule has 0 saturated carbocycles. The van der Waals surface area contributed by atoms with Crippen LogP contribution in [0.5, 0.6) is 5.75 Å². The smallest absolute Gasteiger partial charge is 0.128 e. The van der Waals surface area contributed by atoms with Crippen molar-refractivity contribution < 1.29 is 4.74 Å². The molecular weight excluding hydrogens is 376 g/mol. The van der Waals surface area contributed by atoms with Gasteiger partial charge in [0.15, 0.2) is 0 Å². The molecule has 2 rings (SSSR count). The average Bonchev–Trinajstić information content (AvgIpc) is 3.13. The van der Waals surface area contributed by atoms with Crippen LogP contribution in [0.4, 0.5) is 0 Å². The van der Waals surface area contributed by atoms with E-state index in [-0.39, 0.29) is 0 Å². The Labute approximate surface area is 183 Å². The van der Waals surface area contributed by atoms with Crippen LogP contribution in [-0.4, -0.2) is 15.4 Å². The van der Waals surface area contributed by atoms with Crippen molar-refractivity contribution in [1.29, 1.82) is 0 Å². The number of hydrogen-bond donors (Lipinski definition) is 0. The maximum absolute atomic E-state index is 6.41. The van der Waals surface area contributed by atoms with Crippen molar-refractivity contribution in [3.05, 3.63) is 16.7 Å². The summed E-state index contributed by atoms with van der Waals surface area (Å²) in [4.78, 5) is 0. The van der Waals surface area contributed by atoms with Gasteiger partial charge in [0, 0.05) is 5.56 Å². The first-order chi connectivity index (χ1) is 14.0. The van der Waals surface area contributed by atoms with Crippen LogP contribution in [0.15, 0.2) is 0 Å². The predicted octanol–water partition coefficient (Wildman–Crippen LogP) is 8.55. The van der Waals surface area contributed by atoms with Crippen molar-refractivity contribution in [2.45, 2.75) is 118 Å². The van der Waals surface area contributed by atoms with Gasteiger partial charge in [0.1, 0.15) is 16.8 Å². The van der Waals surface area contributed by atoms with Gasteiger partial charge in [-0.1, -0.05) is 92.4 Å². The lowest BCUT2D eigenvalue weighted by Gasteiger charge is -2.21.